The average molecular weight is 312 g/mol. The van der Waals surface area contributed by atoms with Crippen molar-refractivity contribution in [3.63, 3.8) is 0 Å². The highest BCUT2D eigenvalue weighted by Gasteiger charge is 2.27. The first-order valence-corrected chi connectivity index (χ1v) is 7.72. The van der Waals surface area contributed by atoms with E-state index in [0.29, 0.717) is 25.3 Å². The summed E-state index contributed by atoms with van der Waals surface area (Å²) in [7, 11) is 0. The second kappa shape index (κ2) is 6.89. The quantitative estimate of drug-likeness (QED) is 0.940. The van der Waals surface area contributed by atoms with E-state index in [-0.39, 0.29) is 18.6 Å². The summed E-state index contributed by atoms with van der Waals surface area (Å²) in [5, 5.41) is 9.40. The first kappa shape index (κ1) is 15.6. The Morgan fingerprint density at radius 1 is 1.35 bits per heavy atom. The van der Waals surface area contributed by atoms with Crippen LogP contribution in [0, 0.1) is 6.92 Å². The molecule has 0 spiro atoms. The zero-order chi connectivity index (χ0) is 16.2. The van der Waals surface area contributed by atoms with E-state index in [4.69, 9.17) is 4.74 Å². The molecule has 1 fully saturated rings. The minimum Gasteiger partial charge on any atom is -0.394 e. The molecule has 1 atom stereocenters. The monoisotopic (exact) mass is 312 g/mol. The van der Waals surface area contributed by atoms with Crippen LogP contribution in [0.1, 0.15) is 15.9 Å². The van der Waals surface area contributed by atoms with Crippen molar-refractivity contribution in [2.75, 3.05) is 26.4 Å². The van der Waals surface area contributed by atoms with E-state index < -0.39 is 0 Å². The van der Waals surface area contributed by atoms with Gasteiger partial charge in [0.2, 0.25) is 0 Å². The number of aryl methyl sites for hydroxylation is 1. The Bertz CT molecular complexity index is 685. The number of aliphatic hydroxyl groups excluding tert-OH is 1. The lowest BCUT2D eigenvalue weighted by atomic mass is 10.0. The van der Waals surface area contributed by atoms with Crippen LogP contribution in [0.2, 0.25) is 0 Å². The SMILES string of the molecule is Cc1cccnc1-c1ccc(C(=O)N2CCOC[C@H]2CO)cc1. The van der Waals surface area contributed by atoms with E-state index in [0.717, 1.165) is 16.8 Å². The van der Waals surface area contributed by atoms with Gasteiger partial charge in [0, 0.05) is 23.9 Å². The standard InChI is InChI=1S/C18H20N2O3/c1-13-3-2-8-19-17(13)14-4-6-15(7-5-14)18(22)20-9-10-23-12-16(20)11-21/h2-8,16,21H,9-12H2,1H3/t16-/m1/s1. The average Bonchev–Trinajstić information content (AvgIpc) is 2.61. The first-order valence-electron chi connectivity index (χ1n) is 7.72. The van der Waals surface area contributed by atoms with Crippen LogP contribution in [-0.2, 0) is 4.74 Å². The number of amides is 1. The Morgan fingerprint density at radius 2 is 2.13 bits per heavy atom. The number of rotatable bonds is 3. The number of aromatic nitrogens is 1. The molecule has 1 aromatic heterocycles. The molecular weight excluding hydrogens is 292 g/mol. The van der Waals surface area contributed by atoms with Gasteiger partial charge in [-0.3, -0.25) is 9.78 Å². The third kappa shape index (κ3) is 3.25. The molecule has 2 heterocycles. The molecule has 0 unspecified atom stereocenters. The second-order valence-corrected chi connectivity index (χ2v) is 5.66. The maximum atomic E-state index is 12.6. The summed E-state index contributed by atoms with van der Waals surface area (Å²) in [6.07, 6.45) is 1.76. The minimum absolute atomic E-state index is 0.0726. The van der Waals surface area contributed by atoms with Crippen LogP contribution in [0.3, 0.4) is 0 Å². The van der Waals surface area contributed by atoms with E-state index >= 15 is 0 Å². The van der Waals surface area contributed by atoms with Crippen molar-refractivity contribution < 1.29 is 14.6 Å². The van der Waals surface area contributed by atoms with Gasteiger partial charge in [-0.25, -0.2) is 0 Å². The number of benzene rings is 1. The summed E-state index contributed by atoms with van der Waals surface area (Å²) in [6.45, 7) is 3.32. The molecule has 1 saturated heterocycles. The van der Waals surface area contributed by atoms with Gasteiger partial charge in [-0.05, 0) is 30.7 Å². The summed E-state index contributed by atoms with van der Waals surface area (Å²) in [5.74, 6) is -0.0726. The van der Waals surface area contributed by atoms with Crippen molar-refractivity contribution in [1.29, 1.82) is 0 Å². The predicted octanol–water partition coefficient (Wildman–Crippen LogP) is 1.89. The molecule has 0 saturated carbocycles. The lowest BCUT2D eigenvalue weighted by molar-refractivity contribution is -0.0183. The van der Waals surface area contributed by atoms with E-state index in [1.54, 1.807) is 11.1 Å². The van der Waals surface area contributed by atoms with Crippen LogP contribution >= 0.6 is 0 Å². The highest BCUT2D eigenvalue weighted by Crippen LogP contribution is 2.22. The predicted molar refractivity (Wildman–Crippen MR) is 87.1 cm³/mol. The van der Waals surface area contributed by atoms with Gasteiger partial charge >= 0.3 is 0 Å². The van der Waals surface area contributed by atoms with Crippen molar-refractivity contribution in [2.24, 2.45) is 0 Å². The number of pyridine rings is 1. The third-order valence-corrected chi connectivity index (χ3v) is 4.11. The highest BCUT2D eigenvalue weighted by atomic mass is 16.5. The van der Waals surface area contributed by atoms with Crippen LogP contribution in [0.15, 0.2) is 42.6 Å². The zero-order valence-electron chi connectivity index (χ0n) is 13.1. The van der Waals surface area contributed by atoms with Gasteiger partial charge in [0.15, 0.2) is 0 Å². The van der Waals surface area contributed by atoms with Crippen molar-refractivity contribution in [3.8, 4) is 11.3 Å². The second-order valence-electron chi connectivity index (χ2n) is 5.66. The molecule has 5 heteroatoms. The molecule has 5 nitrogen and oxygen atoms in total. The topological polar surface area (TPSA) is 62.7 Å². The van der Waals surface area contributed by atoms with Gasteiger partial charge in [-0.2, -0.15) is 0 Å². The largest absolute Gasteiger partial charge is 0.394 e. The Morgan fingerprint density at radius 3 is 2.83 bits per heavy atom. The molecule has 0 bridgehead atoms. The fourth-order valence-electron chi connectivity index (χ4n) is 2.80. The van der Waals surface area contributed by atoms with E-state index in [2.05, 4.69) is 4.98 Å². The highest BCUT2D eigenvalue weighted by molar-refractivity contribution is 5.95. The molecule has 1 amide bonds. The number of carbonyl (C=O) groups is 1. The molecule has 23 heavy (non-hydrogen) atoms. The first-order chi connectivity index (χ1) is 11.2. The number of nitrogens with zero attached hydrogens (tertiary/aromatic N) is 2. The smallest absolute Gasteiger partial charge is 0.254 e. The van der Waals surface area contributed by atoms with Crippen LogP contribution in [-0.4, -0.2) is 53.3 Å². The van der Waals surface area contributed by atoms with Crippen LogP contribution < -0.4 is 0 Å². The van der Waals surface area contributed by atoms with Gasteiger partial charge in [0.25, 0.3) is 5.91 Å². The molecular formula is C18H20N2O3. The number of ether oxygens (including phenoxy) is 1. The van der Waals surface area contributed by atoms with Crippen molar-refractivity contribution in [2.45, 2.75) is 13.0 Å². The van der Waals surface area contributed by atoms with Gasteiger partial charge in [-0.15, -0.1) is 0 Å². The summed E-state index contributed by atoms with van der Waals surface area (Å²) >= 11 is 0. The fourth-order valence-corrected chi connectivity index (χ4v) is 2.80. The lowest BCUT2D eigenvalue weighted by Gasteiger charge is -2.34. The maximum Gasteiger partial charge on any atom is 0.254 e. The summed E-state index contributed by atoms with van der Waals surface area (Å²) < 4.78 is 5.32. The molecule has 2 aromatic rings. The number of hydrogen-bond donors (Lipinski definition) is 1. The van der Waals surface area contributed by atoms with Gasteiger partial charge in [-0.1, -0.05) is 18.2 Å². The molecule has 1 aliphatic rings. The third-order valence-electron chi connectivity index (χ3n) is 4.11. The Labute approximate surface area is 135 Å². The van der Waals surface area contributed by atoms with Crippen LogP contribution in [0.5, 0.6) is 0 Å². The summed E-state index contributed by atoms with van der Waals surface area (Å²) in [6, 6.07) is 11.1. The Hall–Kier alpha value is -2.24. The Kier molecular flexibility index (Phi) is 4.69. The van der Waals surface area contributed by atoms with Crippen LogP contribution in [0.4, 0.5) is 0 Å². The Balaban J connectivity index is 1.82. The normalized spacial score (nSPS) is 18.0. The lowest BCUT2D eigenvalue weighted by Crippen LogP contribution is -2.50. The molecule has 120 valence electrons. The van der Waals surface area contributed by atoms with E-state index in [9.17, 15) is 9.90 Å². The number of aliphatic hydroxyl groups is 1. The van der Waals surface area contributed by atoms with E-state index in [1.165, 1.54) is 0 Å². The van der Waals surface area contributed by atoms with Crippen LogP contribution in [0.25, 0.3) is 11.3 Å². The van der Waals surface area contributed by atoms with Crippen molar-refractivity contribution >= 4 is 5.91 Å². The fraction of sp³-hybridized carbons (Fsp3) is 0.333. The van der Waals surface area contributed by atoms with Gasteiger partial charge < -0.3 is 14.7 Å². The molecule has 0 aliphatic carbocycles. The van der Waals surface area contributed by atoms with Gasteiger partial charge in [0.05, 0.1) is 31.6 Å². The van der Waals surface area contributed by atoms with E-state index in [1.807, 2.05) is 43.3 Å². The minimum atomic E-state index is -0.269. The molecule has 1 aromatic carbocycles. The molecule has 1 N–H and O–H groups in total. The number of hydrogen-bond acceptors (Lipinski definition) is 4. The summed E-state index contributed by atoms with van der Waals surface area (Å²) in [4.78, 5) is 18.7. The zero-order valence-corrected chi connectivity index (χ0v) is 13.1. The van der Waals surface area contributed by atoms with Crippen molar-refractivity contribution in [3.05, 3.63) is 53.7 Å². The number of carbonyl (C=O) groups excluding carboxylic acids is 1. The van der Waals surface area contributed by atoms with Crippen molar-refractivity contribution in [1.82, 2.24) is 9.88 Å². The molecule has 0 radical (unpaired) electrons. The molecule has 3 rings (SSSR count). The molecule has 1 aliphatic heterocycles. The van der Waals surface area contributed by atoms with Gasteiger partial charge in [0.1, 0.15) is 0 Å². The maximum absolute atomic E-state index is 12.6. The summed E-state index contributed by atoms with van der Waals surface area (Å²) in [5.41, 5.74) is 3.62. The number of morpholine rings is 1.